The second-order valence-electron chi connectivity index (χ2n) is 3.25. The van der Waals surface area contributed by atoms with Crippen molar-refractivity contribution in [1.82, 2.24) is 0 Å². The topological polar surface area (TPSA) is 64.3 Å². The number of hydrogen-bond donors (Lipinski definition) is 2. The Morgan fingerprint density at radius 3 is 3.07 bits per heavy atom. The first-order valence-electron chi connectivity index (χ1n) is 4.55. The van der Waals surface area contributed by atoms with Crippen molar-refractivity contribution >= 4 is 17.3 Å². The molecule has 1 heterocycles. The zero-order chi connectivity index (χ0) is 10.1. The minimum atomic E-state index is -0.134. The van der Waals surface area contributed by atoms with Gasteiger partial charge in [-0.3, -0.25) is 4.79 Å². The maximum Gasteiger partial charge on any atom is 0.262 e. The molecule has 0 atom stereocenters. The third-order valence-corrected chi connectivity index (χ3v) is 2.21. The van der Waals surface area contributed by atoms with Crippen LogP contribution in [0.15, 0.2) is 12.1 Å². The minimum absolute atomic E-state index is 0.0443. The predicted molar refractivity (Wildman–Crippen MR) is 54.4 cm³/mol. The highest BCUT2D eigenvalue weighted by molar-refractivity contribution is 5.97. The molecule has 0 unspecified atom stereocenters. The molecule has 3 N–H and O–H groups in total. The summed E-state index contributed by atoms with van der Waals surface area (Å²) in [5.74, 6) is 0.451. The molecule has 0 radical (unpaired) electrons. The summed E-state index contributed by atoms with van der Waals surface area (Å²) in [6, 6.07) is 3.76. The molecular formula is C10H12N2O2. The number of carbonyl (C=O) groups excluding carboxylic acids is 1. The van der Waals surface area contributed by atoms with Gasteiger partial charge >= 0.3 is 0 Å². The van der Waals surface area contributed by atoms with E-state index >= 15 is 0 Å². The van der Waals surface area contributed by atoms with Crippen molar-refractivity contribution < 1.29 is 9.53 Å². The fourth-order valence-corrected chi connectivity index (χ4v) is 1.50. The van der Waals surface area contributed by atoms with E-state index in [1.807, 2.05) is 19.1 Å². The number of aryl methyl sites for hydroxylation is 1. The van der Waals surface area contributed by atoms with Crippen LogP contribution in [0, 0.1) is 0 Å². The van der Waals surface area contributed by atoms with Gasteiger partial charge in [-0.2, -0.15) is 0 Å². The van der Waals surface area contributed by atoms with Crippen molar-refractivity contribution in [3.05, 3.63) is 17.7 Å². The second-order valence-corrected chi connectivity index (χ2v) is 3.25. The lowest BCUT2D eigenvalue weighted by molar-refractivity contribution is -0.118. The van der Waals surface area contributed by atoms with Crippen LogP contribution >= 0.6 is 0 Å². The van der Waals surface area contributed by atoms with E-state index in [0.29, 0.717) is 17.1 Å². The number of hydrogen-bond acceptors (Lipinski definition) is 3. The molecule has 1 aromatic carbocycles. The van der Waals surface area contributed by atoms with Gasteiger partial charge in [0.2, 0.25) is 0 Å². The summed E-state index contributed by atoms with van der Waals surface area (Å²) in [5, 5.41) is 2.73. The average Bonchev–Trinajstić information content (AvgIpc) is 2.16. The number of amides is 1. The maximum atomic E-state index is 11.1. The van der Waals surface area contributed by atoms with Crippen LogP contribution < -0.4 is 15.8 Å². The van der Waals surface area contributed by atoms with Crippen LogP contribution in [0.2, 0.25) is 0 Å². The molecule has 0 bridgehead atoms. The Morgan fingerprint density at radius 1 is 1.57 bits per heavy atom. The molecule has 2 rings (SSSR count). The molecule has 0 fully saturated rings. The number of carbonyl (C=O) groups is 1. The van der Waals surface area contributed by atoms with E-state index in [2.05, 4.69) is 5.32 Å². The first-order chi connectivity index (χ1) is 6.70. The van der Waals surface area contributed by atoms with Crippen LogP contribution in [0.5, 0.6) is 5.75 Å². The molecule has 1 amide bonds. The molecule has 4 nitrogen and oxygen atoms in total. The number of ether oxygens (including phenoxy) is 1. The second kappa shape index (κ2) is 3.21. The lowest BCUT2D eigenvalue weighted by Gasteiger charge is -2.20. The van der Waals surface area contributed by atoms with Gasteiger partial charge in [0.05, 0.1) is 11.4 Å². The van der Waals surface area contributed by atoms with Crippen molar-refractivity contribution in [1.29, 1.82) is 0 Å². The van der Waals surface area contributed by atoms with Crippen molar-refractivity contribution in [2.75, 3.05) is 17.7 Å². The molecule has 0 aliphatic carbocycles. The van der Waals surface area contributed by atoms with E-state index in [9.17, 15) is 4.79 Å². The Morgan fingerprint density at radius 2 is 2.36 bits per heavy atom. The van der Waals surface area contributed by atoms with Gasteiger partial charge in [-0.15, -0.1) is 0 Å². The van der Waals surface area contributed by atoms with Gasteiger partial charge in [-0.25, -0.2) is 0 Å². The Balaban J connectivity index is 2.48. The van der Waals surface area contributed by atoms with Crippen LogP contribution in [0.4, 0.5) is 11.4 Å². The molecule has 0 spiro atoms. The molecule has 1 aliphatic heterocycles. The highest BCUT2D eigenvalue weighted by atomic mass is 16.5. The summed E-state index contributed by atoms with van der Waals surface area (Å²) < 4.78 is 5.23. The number of rotatable bonds is 1. The monoisotopic (exact) mass is 192 g/mol. The molecule has 4 heteroatoms. The molecule has 0 saturated carbocycles. The zero-order valence-electron chi connectivity index (χ0n) is 7.96. The van der Waals surface area contributed by atoms with Gasteiger partial charge in [0, 0.05) is 0 Å². The number of nitrogen functional groups attached to an aromatic ring is 1. The van der Waals surface area contributed by atoms with Gasteiger partial charge in [-0.05, 0) is 24.1 Å². The summed E-state index contributed by atoms with van der Waals surface area (Å²) in [7, 11) is 0. The summed E-state index contributed by atoms with van der Waals surface area (Å²) in [6.07, 6.45) is 0.882. The highest BCUT2D eigenvalue weighted by Crippen LogP contribution is 2.35. The molecule has 0 saturated heterocycles. The number of fused-ring (bicyclic) bond motifs is 1. The van der Waals surface area contributed by atoms with E-state index in [4.69, 9.17) is 10.5 Å². The third-order valence-electron chi connectivity index (χ3n) is 2.21. The van der Waals surface area contributed by atoms with Crippen molar-refractivity contribution in [3.63, 3.8) is 0 Å². The van der Waals surface area contributed by atoms with Crippen LogP contribution in [0.3, 0.4) is 0 Å². The summed E-state index contributed by atoms with van der Waals surface area (Å²) in [4.78, 5) is 11.1. The number of anilines is 2. The van der Waals surface area contributed by atoms with E-state index in [1.165, 1.54) is 0 Å². The van der Waals surface area contributed by atoms with Crippen LogP contribution in [-0.2, 0) is 11.2 Å². The van der Waals surface area contributed by atoms with Crippen molar-refractivity contribution in [3.8, 4) is 5.75 Å². The Hall–Kier alpha value is -1.71. The molecular weight excluding hydrogens is 180 g/mol. The molecule has 0 aromatic heterocycles. The van der Waals surface area contributed by atoms with Crippen molar-refractivity contribution in [2.45, 2.75) is 13.3 Å². The summed E-state index contributed by atoms with van der Waals surface area (Å²) in [5.41, 5.74) is 8.14. The standard InChI is InChI=1S/C10H12N2O2/c1-2-6-3-7(11)10-8(4-6)12-9(13)5-14-10/h3-4H,2,5,11H2,1H3,(H,12,13). The van der Waals surface area contributed by atoms with Crippen LogP contribution in [0.25, 0.3) is 0 Å². The Kier molecular flexibility index (Phi) is 2.04. The summed E-state index contributed by atoms with van der Waals surface area (Å²) in [6.45, 7) is 2.08. The third kappa shape index (κ3) is 1.39. The van der Waals surface area contributed by atoms with E-state index in [1.54, 1.807) is 0 Å². The maximum absolute atomic E-state index is 11.1. The SMILES string of the molecule is CCc1cc(N)c2c(c1)NC(=O)CO2. The van der Waals surface area contributed by atoms with Gasteiger partial charge in [0.1, 0.15) is 0 Å². The van der Waals surface area contributed by atoms with Gasteiger partial charge in [0.25, 0.3) is 5.91 Å². The zero-order valence-corrected chi connectivity index (χ0v) is 7.96. The first-order valence-corrected chi connectivity index (χ1v) is 4.55. The van der Waals surface area contributed by atoms with Crippen LogP contribution in [0.1, 0.15) is 12.5 Å². The Bertz CT molecular complexity index is 388. The lowest BCUT2D eigenvalue weighted by atomic mass is 10.1. The fraction of sp³-hybridized carbons (Fsp3) is 0.300. The minimum Gasteiger partial charge on any atom is -0.479 e. The van der Waals surface area contributed by atoms with Crippen LogP contribution in [-0.4, -0.2) is 12.5 Å². The molecule has 1 aromatic rings. The number of benzene rings is 1. The Labute approximate surface area is 82.1 Å². The van der Waals surface area contributed by atoms with Crippen molar-refractivity contribution in [2.24, 2.45) is 0 Å². The highest BCUT2D eigenvalue weighted by Gasteiger charge is 2.18. The number of nitrogens with one attached hydrogen (secondary N) is 1. The average molecular weight is 192 g/mol. The van der Waals surface area contributed by atoms with Gasteiger partial charge in [0.15, 0.2) is 12.4 Å². The van der Waals surface area contributed by atoms with E-state index in [-0.39, 0.29) is 12.5 Å². The van der Waals surface area contributed by atoms with E-state index in [0.717, 1.165) is 12.0 Å². The van der Waals surface area contributed by atoms with Gasteiger partial charge < -0.3 is 15.8 Å². The number of nitrogens with two attached hydrogens (primary N) is 1. The molecule has 1 aliphatic rings. The predicted octanol–water partition coefficient (Wildman–Crippen LogP) is 1.16. The summed E-state index contributed by atoms with van der Waals surface area (Å²) >= 11 is 0. The largest absolute Gasteiger partial charge is 0.479 e. The quantitative estimate of drug-likeness (QED) is 0.656. The smallest absolute Gasteiger partial charge is 0.262 e. The lowest BCUT2D eigenvalue weighted by Crippen LogP contribution is -2.26. The van der Waals surface area contributed by atoms with Gasteiger partial charge in [-0.1, -0.05) is 6.92 Å². The first kappa shape index (κ1) is 8.87. The molecule has 14 heavy (non-hydrogen) atoms. The fourth-order valence-electron chi connectivity index (χ4n) is 1.50. The normalized spacial score (nSPS) is 14.2. The van der Waals surface area contributed by atoms with E-state index < -0.39 is 0 Å². The molecule has 74 valence electrons.